The lowest BCUT2D eigenvalue weighted by molar-refractivity contribution is -0.121. The monoisotopic (exact) mass is 392 g/mol. The molecule has 0 aliphatic heterocycles. The van der Waals surface area contributed by atoms with Gasteiger partial charge in [0.25, 0.3) is 5.56 Å². The Morgan fingerprint density at radius 1 is 1.21 bits per heavy atom. The fourth-order valence-corrected chi connectivity index (χ4v) is 4.62. The van der Waals surface area contributed by atoms with Gasteiger partial charge in [-0.1, -0.05) is 18.2 Å². The van der Waals surface area contributed by atoms with Crippen molar-refractivity contribution in [2.24, 2.45) is 0 Å². The third-order valence-corrected chi connectivity index (χ3v) is 6.01. The molecule has 0 saturated heterocycles. The molecule has 0 saturated carbocycles. The summed E-state index contributed by atoms with van der Waals surface area (Å²) in [6, 6.07) is 10.7. The molecule has 3 aromatic heterocycles. The molecule has 0 fully saturated rings. The molecule has 0 aliphatic rings. The van der Waals surface area contributed by atoms with E-state index in [1.807, 2.05) is 50.2 Å². The zero-order valence-electron chi connectivity index (χ0n) is 16.1. The van der Waals surface area contributed by atoms with Gasteiger partial charge in [0.2, 0.25) is 5.91 Å². The van der Waals surface area contributed by atoms with E-state index in [1.54, 1.807) is 18.9 Å². The van der Waals surface area contributed by atoms with Crippen molar-refractivity contribution in [2.45, 2.75) is 26.8 Å². The maximum absolute atomic E-state index is 13.1. The summed E-state index contributed by atoms with van der Waals surface area (Å²) in [6.07, 6.45) is 1.47. The number of carbonyl (C=O) groups is 1. The summed E-state index contributed by atoms with van der Waals surface area (Å²) >= 11 is 1.33. The van der Waals surface area contributed by atoms with E-state index in [1.165, 1.54) is 22.2 Å². The van der Waals surface area contributed by atoms with Crippen LogP contribution in [0.15, 0.2) is 47.5 Å². The number of aryl methyl sites for hydroxylation is 2. The van der Waals surface area contributed by atoms with Crippen molar-refractivity contribution < 1.29 is 4.79 Å². The molecule has 142 valence electrons. The van der Waals surface area contributed by atoms with Gasteiger partial charge in [-0.2, -0.15) is 0 Å². The standard InChI is InChI=1S/C21H20N4O2S/c1-12-10-13(2)23-19-16(12)17-18(28-19)21(27)25(11-22-17)14(3)20(26)24(4)15-8-6-5-7-9-15/h5-11,14H,1-4H3. The van der Waals surface area contributed by atoms with Crippen LogP contribution < -0.4 is 10.5 Å². The fraction of sp³-hybridized carbons (Fsp3) is 0.238. The largest absolute Gasteiger partial charge is 0.314 e. The number of benzene rings is 1. The molecule has 0 N–H and O–H groups in total. The average Bonchev–Trinajstić information content (AvgIpc) is 3.06. The second-order valence-corrected chi connectivity index (χ2v) is 7.91. The van der Waals surface area contributed by atoms with Gasteiger partial charge in [-0.15, -0.1) is 11.3 Å². The van der Waals surface area contributed by atoms with Crippen molar-refractivity contribution in [2.75, 3.05) is 11.9 Å². The van der Waals surface area contributed by atoms with Gasteiger partial charge < -0.3 is 4.90 Å². The molecule has 0 radical (unpaired) electrons. The van der Waals surface area contributed by atoms with Crippen LogP contribution in [-0.4, -0.2) is 27.5 Å². The highest BCUT2D eigenvalue weighted by molar-refractivity contribution is 7.25. The summed E-state index contributed by atoms with van der Waals surface area (Å²) in [4.78, 5) is 37.5. The number of rotatable bonds is 3. The van der Waals surface area contributed by atoms with Crippen molar-refractivity contribution in [3.63, 3.8) is 0 Å². The number of anilines is 1. The van der Waals surface area contributed by atoms with Crippen LogP contribution in [0.2, 0.25) is 0 Å². The normalized spacial score (nSPS) is 12.4. The van der Waals surface area contributed by atoms with Gasteiger partial charge in [0, 0.05) is 23.8 Å². The fourth-order valence-electron chi connectivity index (χ4n) is 3.43. The lowest BCUT2D eigenvalue weighted by Crippen LogP contribution is -2.37. The summed E-state index contributed by atoms with van der Waals surface area (Å²) < 4.78 is 1.93. The third-order valence-electron chi connectivity index (χ3n) is 4.95. The number of para-hydroxylation sites is 1. The molecule has 4 aromatic rings. The molecule has 4 rings (SSSR count). The Hall–Kier alpha value is -3.06. The smallest absolute Gasteiger partial charge is 0.272 e. The molecular formula is C21H20N4O2S. The highest BCUT2D eigenvalue weighted by atomic mass is 32.1. The Morgan fingerprint density at radius 2 is 1.93 bits per heavy atom. The predicted molar refractivity (Wildman–Crippen MR) is 113 cm³/mol. The Kier molecular flexibility index (Phi) is 4.47. The van der Waals surface area contributed by atoms with Gasteiger partial charge in [-0.05, 0) is 44.5 Å². The van der Waals surface area contributed by atoms with E-state index in [9.17, 15) is 9.59 Å². The highest BCUT2D eigenvalue weighted by Gasteiger charge is 2.23. The Morgan fingerprint density at radius 3 is 2.64 bits per heavy atom. The van der Waals surface area contributed by atoms with Crippen molar-refractivity contribution in [1.29, 1.82) is 0 Å². The first-order valence-electron chi connectivity index (χ1n) is 8.98. The number of pyridine rings is 1. The first-order chi connectivity index (χ1) is 13.4. The lowest BCUT2D eigenvalue weighted by atomic mass is 10.1. The van der Waals surface area contributed by atoms with E-state index in [-0.39, 0.29) is 11.5 Å². The Balaban J connectivity index is 1.80. The van der Waals surface area contributed by atoms with Crippen molar-refractivity contribution >= 4 is 43.4 Å². The third kappa shape index (κ3) is 2.88. The second-order valence-electron chi connectivity index (χ2n) is 6.91. The summed E-state index contributed by atoms with van der Waals surface area (Å²) in [5.74, 6) is -0.180. The van der Waals surface area contributed by atoms with Crippen LogP contribution in [-0.2, 0) is 4.79 Å². The minimum Gasteiger partial charge on any atom is -0.314 e. The molecule has 7 heteroatoms. The number of carbonyl (C=O) groups excluding carboxylic acids is 1. The van der Waals surface area contributed by atoms with Crippen LogP contribution in [0.4, 0.5) is 5.69 Å². The molecule has 1 atom stereocenters. The van der Waals surface area contributed by atoms with E-state index in [0.717, 1.165) is 27.2 Å². The molecule has 0 bridgehead atoms. The summed E-state index contributed by atoms with van der Waals surface area (Å²) in [5, 5.41) is 0.912. The molecule has 0 aliphatic carbocycles. The van der Waals surface area contributed by atoms with E-state index in [0.29, 0.717) is 10.2 Å². The van der Waals surface area contributed by atoms with Crippen LogP contribution in [0.5, 0.6) is 0 Å². The summed E-state index contributed by atoms with van der Waals surface area (Å²) in [5.41, 5.74) is 3.17. The zero-order chi connectivity index (χ0) is 20.0. The van der Waals surface area contributed by atoms with E-state index < -0.39 is 6.04 Å². The maximum atomic E-state index is 13.1. The Labute approximate surface area is 166 Å². The van der Waals surface area contributed by atoms with Crippen LogP contribution in [0.1, 0.15) is 24.2 Å². The van der Waals surface area contributed by atoms with Crippen LogP contribution in [0, 0.1) is 13.8 Å². The quantitative estimate of drug-likeness (QED) is 0.531. The van der Waals surface area contributed by atoms with Gasteiger partial charge in [0.15, 0.2) is 0 Å². The average molecular weight is 392 g/mol. The number of thiophene rings is 1. The van der Waals surface area contributed by atoms with Gasteiger partial charge in [0.1, 0.15) is 15.6 Å². The number of hydrogen-bond acceptors (Lipinski definition) is 5. The summed E-state index contributed by atoms with van der Waals surface area (Å²) in [6.45, 7) is 5.65. The first kappa shape index (κ1) is 18.3. The van der Waals surface area contributed by atoms with Crippen LogP contribution >= 0.6 is 11.3 Å². The highest BCUT2D eigenvalue weighted by Crippen LogP contribution is 2.32. The SMILES string of the molecule is Cc1cc(C)c2c(n1)sc1c(=O)n(C(C)C(=O)N(C)c3ccccc3)cnc12. The predicted octanol–water partition coefficient (Wildman–Crippen LogP) is 3.85. The minimum absolute atomic E-state index is 0.180. The number of likely N-dealkylation sites (N-methyl/N-ethyl adjacent to an activating group) is 1. The second kappa shape index (κ2) is 6.83. The molecular weight excluding hydrogens is 372 g/mol. The summed E-state index contributed by atoms with van der Waals surface area (Å²) in [7, 11) is 1.71. The molecule has 0 spiro atoms. The van der Waals surface area contributed by atoms with Crippen molar-refractivity contribution in [3.05, 3.63) is 64.3 Å². The molecule has 3 heterocycles. The topological polar surface area (TPSA) is 68.1 Å². The zero-order valence-corrected chi connectivity index (χ0v) is 16.9. The number of aromatic nitrogens is 3. The van der Waals surface area contributed by atoms with Crippen LogP contribution in [0.25, 0.3) is 20.4 Å². The first-order valence-corrected chi connectivity index (χ1v) is 9.80. The lowest BCUT2D eigenvalue weighted by Gasteiger charge is -2.22. The van der Waals surface area contributed by atoms with Crippen LogP contribution in [0.3, 0.4) is 0 Å². The van der Waals surface area contributed by atoms with E-state index in [2.05, 4.69) is 9.97 Å². The van der Waals surface area contributed by atoms with E-state index in [4.69, 9.17) is 0 Å². The van der Waals surface area contributed by atoms with Gasteiger partial charge >= 0.3 is 0 Å². The minimum atomic E-state index is -0.671. The maximum Gasteiger partial charge on any atom is 0.272 e. The number of hydrogen-bond donors (Lipinski definition) is 0. The molecule has 1 aromatic carbocycles. The van der Waals surface area contributed by atoms with Gasteiger partial charge in [-0.3, -0.25) is 14.2 Å². The molecule has 6 nitrogen and oxygen atoms in total. The molecule has 28 heavy (non-hydrogen) atoms. The van der Waals surface area contributed by atoms with Crippen molar-refractivity contribution in [1.82, 2.24) is 14.5 Å². The number of amides is 1. The van der Waals surface area contributed by atoms with Gasteiger partial charge in [-0.25, -0.2) is 9.97 Å². The molecule has 1 unspecified atom stereocenters. The number of fused-ring (bicyclic) bond motifs is 3. The number of nitrogens with zero attached hydrogens (tertiary/aromatic N) is 4. The van der Waals surface area contributed by atoms with Crippen molar-refractivity contribution in [3.8, 4) is 0 Å². The van der Waals surface area contributed by atoms with E-state index >= 15 is 0 Å². The Bertz CT molecular complexity index is 1260. The van der Waals surface area contributed by atoms with Gasteiger partial charge in [0.05, 0.1) is 11.8 Å². The molecule has 1 amide bonds.